The third-order valence-electron chi connectivity index (χ3n) is 3.17. The van der Waals surface area contributed by atoms with Crippen LogP contribution in [0.15, 0.2) is 0 Å². The van der Waals surface area contributed by atoms with Crippen molar-refractivity contribution in [3.8, 4) is 0 Å². The first kappa shape index (κ1) is 10.6. The molecule has 2 rings (SSSR count). The number of carbonyl (C=O) groups is 1. The second-order valence-corrected chi connectivity index (χ2v) is 4.66. The SMILES string of the molecule is CC1CCN(C(=O)N2CC(F)(F)C2)CC1. The molecule has 86 valence electrons. The zero-order valence-corrected chi connectivity index (χ0v) is 8.88. The zero-order valence-electron chi connectivity index (χ0n) is 8.88. The fraction of sp³-hybridized carbons (Fsp3) is 0.900. The van der Waals surface area contributed by atoms with Crippen LogP contribution in [-0.2, 0) is 0 Å². The van der Waals surface area contributed by atoms with Crippen molar-refractivity contribution in [2.24, 2.45) is 5.92 Å². The summed E-state index contributed by atoms with van der Waals surface area (Å²) in [5.41, 5.74) is 0. The van der Waals surface area contributed by atoms with Crippen molar-refractivity contribution in [3.63, 3.8) is 0 Å². The molecule has 0 bridgehead atoms. The summed E-state index contributed by atoms with van der Waals surface area (Å²) in [4.78, 5) is 14.6. The maximum atomic E-state index is 12.6. The van der Waals surface area contributed by atoms with E-state index in [4.69, 9.17) is 0 Å². The van der Waals surface area contributed by atoms with Gasteiger partial charge in [0.2, 0.25) is 0 Å². The molecule has 3 nitrogen and oxygen atoms in total. The van der Waals surface area contributed by atoms with Gasteiger partial charge in [-0.2, -0.15) is 0 Å². The Kier molecular flexibility index (Phi) is 2.56. The molecule has 0 aromatic heterocycles. The number of alkyl halides is 2. The van der Waals surface area contributed by atoms with Crippen LogP contribution in [0.3, 0.4) is 0 Å². The molecule has 2 heterocycles. The number of nitrogens with zero attached hydrogens (tertiary/aromatic N) is 2. The average Bonchev–Trinajstić information content (AvgIpc) is 2.14. The largest absolute Gasteiger partial charge is 0.325 e. The van der Waals surface area contributed by atoms with Crippen LogP contribution >= 0.6 is 0 Å². The van der Waals surface area contributed by atoms with Gasteiger partial charge in [-0.15, -0.1) is 0 Å². The Morgan fingerprint density at radius 2 is 1.73 bits per heavy atom. The van der Waals surface area contributed by atoms with Crippen molar-refractivity contribution in [1.82, 2.24) is 9.80 Å². The first-order valence-corrected chi connectivity index (χ1v) is 5.40. The van der Waals surface area contributed by atoms with Crippen molar-refractivity contribution < 1.29 is 13.6 Å². The molecule has 2 aliphatic rings. The van der Waals surface area contributed by atoms with Crippen molar-refractivity contribution in [3.05, 3.63) is 0 Å². The average molecular weight is 218 g/mol. The lowest BCUT2D eigenvalue weighted by Gasteiger charge is -2.42. The van der Waals surface area contributed by atoms with Crippen LogP contribution in [0.25, 0.3) is 0 Å². The highest BCUT2D eigenvalue weighted by atomic mass is 19.3. The van der Waals surface area contributed by atoms with Crippen LogP contribution in [0.2, 0.25) is 0 Å². The molecule has 2 saturated heterocycles. The van der Waals surface area contributed by atoms with Gasteiger partial charge < -0.3 is 9.80 Å². The van der Waals surface area contributed by atoms with E-state index in [2.05, 4.69) is 6.92 Å². The molecule has 2 aliphatic heterocycles. The predicted molar refractivity (Wildman–Crippen MR) is 51.9 cm³/mol. The topological polar surface area (TPSA) is 23.6 Å². The smallest absolute Gasteiger partial charge is 0.320 e. The van der Waals surface area contributed by atoms with E-state index in [1.54, 1.807) is 4.90 Å². The first-order valence-electron chi connectivity index (χ1n) is 5.40. The standard InChI is InChI=1S/C10H16F2N2O/c1-8-2-4-13(5-3-8)9(15)14-6-10(11,12)7-14/h8H,2-7H2,1H3. The summed E-state index contributed by atoms with van der Waals surface area (Å²) in [7, 11) is 0. The van der Waals surface area contributed by atoms with Gasteiger partial charge >= 0.3 is 6.03 Å². The number of amides is 2. The van der Waals surface area contributed by atoms with Crippen LogP contribution < -0.4 is 0 Å². The van der Waals surface area contributed by atoms with Gasteiger partial charge in [-0.1, -0.05) is 6.92 Å². The predicted octanol–water partition coefficient (Wildman–Crippen LogP) is 1.79. The van der Waals surface area contributed by atoms with Crippen molar-refractivity contribution in [2.45, 2.75) is 25.7 Å². The van der Waals surface area contributed by atoms with Gasteiger partial charge in [0.15, 0.2) is 0 Å². The maximum Gasteiger partial charge on any atom is 0.320 e. The number of hydrogen-bond donors (Lipinski definition) is 0. The molecule has 0 saturated carbocycles. The third kappa shape index (κ3) is 2.21. The molecular weight excluding hydrogens is 202 g/mol. The van der Waals surface area contributed by atoms with E-state index in [0.29, 0.717) is 19.0 Å². The molecule has 0 aliphatic carbocycles. The Labute approximate surface area is 88.0 Å². The molecule has 0 unspecified atom stereocenters. The highest BCUT2D eigenvalue weighted by Crippen LogP contribution is 2.28. The molecule has 0 aromatic rings. The van der Waals surface area contributed by atoms with Crippen molar-refractivity contribution in [2.75, 3.05) is 26.2 Å². The highest BCUT2D eigenvalue weighted by molar-refractivity contribution is 5.75. The minimum atomic E-state index is -2.65. The lowest BCUT2D eigenvalue weighted by atomic mass is 9.99. The summed E-state index contributed by atoms with van der Waals surface area (Å²) >= 11 is 0. The van der Waals surface area contributed by atoms with Gasteiger partial charge in [-0.05, 0) is 18.8 Å². The summed E-state index contributed by atoms with van der Waals surface area (Å²) in [6.07, 6.45) is 1.96. The number of carbonyl (C=O) groups excluding carboxylic acids is 1. The van der Waals surface area contributed by atoms with Gasteiger partial charge in [-0.25, -0.2) is 13.6 Å². The van der Waals surface area contributed by atoms with Crippen LogP contribution in [0.4, 0.5) is 13.6 Å². The molecule has 5 heteroatoms. The maximum absolute atomic E-state index is 12.6. The van der Waals surface area contributed by atoms with Gasteiger partial charge in [0.25, 0.3) is 5.92 Å². The van der Waals surface area contributed by atoms with Gasteiger partial charge in [0.1, 0.15) is 0 Å². The van der Waals surface area contributed by atoms with E-state index in [1.807, 2.05) is 0 Å². The van der Waals surface area contributed by atoms with E-state index in [0.717, 1.165) is 12.8 Å². The first-order chi connectivity index (χ1) is 6.98. The summed E-state index contributed by atoms with van der Waals surface area (Å²) in [6.45, 7) is 2.76. The molecule has 2 amide bonds. The molecule has 0 atom stereocenters. The molecule has 0 aromatic carbocycles. The van der Waals surface area contributed by atoms with Gasteiger partial charge in [-0.3, -0.25) is 0 Å². The third-order valence-corrected chi connectivity index (χ3v) is 3.17. The summed E-state index contributed by atoms with van der Waals surface area (Å²) in [5.74, 6) is -2.01. The fourth-order valence-corrected chi connectivity index (χ4v) is 2.05. The lowest BCUT2D eigenvalue weighted by Crippen LogP contribution is -2.62. The number of urea groups is 1. The lowest BCUT2D eigenvalue weighted by molar-refractivity contribution is -0.114. The Bertz CT molecular complexity index is 254. The van der Waals surface area contributed by atoms with Crippen LogP contribution in [0.1, 0.15) is 19.8 Å². The molecule has 15 heavy (non-hydrogen) atoms. The Morgan fingerprint density at radius 1 is 1.20 bits per heavy atom. The summed E-state index contributed by atoms with van der Waals surface area (Å²) < 4.78 is 25.1. The molecule has 0 N–H and O–H groups in total. The minimum Gasteiger partial charge on any atom is -0.325 e. The van der Waals surface area contributed by atoms with Crippen LogP contribution in [0, 0.1) is 5.92 Å². The number of likely N-dealkylation sites (tertiary alicyclic amines) is 2. The van der Waals surface area contributed by atoms with Gasteiger partial charge in [0, 0.05) is 13.1 Å². The second-order valence-electron chi connectivity index (χ2n) is 4.66. The molecule has 0 radical (unpaired) electrons. The fourth-order valence-electron chi connectivity index (χ4n) is 2.05. The van der Waals surface area contributed by atoms with Crippen LogP contribution in [0.5, 0.6) is 0 Å². The number of hydrogen-bond acceptors (Lipinski definition) is 1. The van der Waals surface area contributed by atoms with E-state index >= 15 is 0 Å². The summed E-state index contributed by atoms with van der Waals surface area (Å²) in [6, 6.07) is -0.215. The Balaban J connectivity index is 1.82. The molecular formula is C10H16F2N2O. The van der Waals surface area contributed by atoms with E-state index in [9.17, 15) is 13.6 Å². The van der Waals surface area contributed by atoms with Crippen molar-refractivity contribution >= 4 is 6.03 Å². The number of rotatable bonds is 0. The summed E-state index contributed by atoms with van der Waals surface area (Å²) in [5, 5.41) is 0. The number of halogens is 2. The van der Waals surface area contributed by atoms with E-state index < -0.39 is 19.0 Å². The van der Waals surface area contributed by atoms with Crippen LogP contribution in [-0.4, -0.2) is 47.9 Å². The molecule has 0 spiro atoms. The number of piperidine rings is 1. The van der Waals surface area contributed by atoms with Crippen molar-refractivity contribution in [1.29, 1.82) is 0 Å². The zero-order chi connectivity index (χ0) is 11.1. The van der Waals surface area contributed by atoms with E-state index in [-0.39, 0.29) is 6.03 Å². The monoisotopic (exact) mass is 218 g/mol. The van der Waals surface area contributed by atoms with E-state index in [1.165, 1.54) is 4.90 Å². The molecule has 2 fully saturated rings. The van der Waals surface area contributed by atoms with Gasteiger partial charge in [0.05, 0.1) is 13.1 Å². The highest BCUT2D eigenvalue weighted by Gasteiger charge is 2.47. The quantitative estimate of drug-likeness (QED) is 0.608. The minimum absolute atomic E-state index is 0.215. The Hall–Kier alpha value is -0.870. The second kappa shape index (κ2) is 3.61. The normalized spacial score (nSPS) is 26.3. The Morgan fingerprint density at radius 3 is 2.20 bits per heavy atom.